The Kier molecular flexibility index (Phi) is 8.60. The van der Waals surface area contributed by atoms with E-state index in [-0.39, 0.29) is 24.1 Å². The number of Topliss-reactive ketones (excluding diaryl/α,β-unsaturated/α-hetero) is 1. The van der Waals surface area contributed by atoms with Crippen molar-refractivity contribution in [3.63, 3.8) is 0 Å². The van der Waals surface area contributed by atoms with Crippen molar-refractivity contribution in [1.82, 2.24) is 25.8 Å². The second-order valence-electron chi connectivity index (χ2n) is 12.3. The van der Waals surface area contributed by atoms with Crippen LogP contribution in [-0.4, -0.2) is 56.8 Å². The molecule has 0 fully saturated rings. The number of carbonyl (C=O) groups excluding carboxylic acids is 4. The summed E-state index contributed by atoms with van der Waals surface area (Å²) >= 11 is 0. The van der Waals surface area contributed by atoms with Gasteiger partial charge >= 0.3 is 0 Å². The van der Waals surface area contributed by atoms with E-state index in [1.807, 2.05) is 46.8 Å². The third-order valence-corrected chi connectivity index (χ3v) is 7.73. The van der Waals surface area contributed by atoms with Gasteiger partial charge in [-0.3, -0.25) is 24.2 Å². The summed E-state index contributed by atoms with van der Waals surface area (Å²) in [6.45, 7) is 12.9. The fourth-order valence-electron chi connectivity index (χ4n) is 5.43. The third-order valence-electron chi connectivity index (χ3n) is 7.73. The van der Waals surface area contributed by atoms with Crippen molar-refractivity contribution < 1.29 is 23.6 Å². The fourth-order valence-corrected chi connectivity index (χ4v) is 5.43. The average Bonchev–Trinajstić information content (AvgIpc) is 3.60. The molecule has 222 valence electrons. The molecule has 11 nitrogen and oxygen atoms in total. The second-order valence-corrected chi connectivity index (χ2v) is 12.3. The molecule has 3 amide bonds. The molecular weight excluding hydrogens is 536 g/mol. The highest BCUT2D eigenvalue weighted by Gasteiger charge is 2.57. The van der Waals surface area contributed by atoms with Gasteiger partial charge in [-0.25, -0.2) is 0 Å². The molecule has 3 aromatic rings. The zero-order valence-electron chi connectivity index (χ0n) is 25.0. The first-order valence-electron chi connectivity index (χ1n) is 14.0. The van der Waals surface area contributed by atoms with Crippen molar-refractivity contribution in [2.45, 2.75) is 77.9 Å². The van der Waals surface area contributed by atoms with Gasteiger partial charge in [0.15, 0.2) is 0 Å². The van der Waals surface area contributed by atoms with E-state index in [0.29, 0.717) is 17.7 Å². The first-order valence-corrected chi connectivity index (χ1v) is 14.0. The highest BCUT2D eigenvalue weighted by atomic mass is 16.4. The van der Waals surface area contributed by atoms with Gasteiger partial charge in [-0.05, 0) is 42.0 Å². The fraction of sp³-hybridized carbons (Fsp3) is 0.452. The number of ketones is 1. The summed E-state index contributed by atoms with van der Waals surface area (Å²) in [4.78, 5) is 59.7. The summed E-state index contributed by atoms with van der Waals surface area (Å²) in [5.41, 5.74) is -0.405. The van der Waals surface area contributed by atoms with Crippen molar-refractivity contribution in [3.8, 4) is 0 Å². The van der Waals surface area contributed by atoms with E-state index in [0.717, 1.165) is 5.56 Å². The molecule has 0 bridgehead atoms. The molecule has 1 aliphatic heterocycles. The number of hydrogen-bond acceptors (Lipinski definition) is 8. The highest BCUT2D eigenvalue weighted by Crippen LogP contribution is 2.41. The number of pyridine rings is 1. The number of hydrogen-bond donors (Lipinski definition) is 2. The minimum atomic E-state index is -1.63. The number of nitrogens with one attached hydrogen (secondary N) is 2. The Morgan fingerprint density at radius 2 is 1.76 bits per heavy atom. The number of para-hydroxylation sites is 1. The minimum Gasteiger partial charge on any atom is -0.418 e. The van der Waals surface area contributed by atoms with Gasteiger partial charge in [0.05, 0.1) is 11.6 Å². The predicted octanol–water partition coefficient (Wildman–Crippen LogP) is 3.50. The second kappa shape index (κ2) is 11.8. The van der Waals surface area contributed by atoms with E-state index in [4.69, 9.17) is 4.42 Å². The third kappa shape index (κ3) is 5.55. The van der Waals surface area contributed by atoms with Gasteiger partial charge in [0.2, 0.25) is 24.0 Å². The van der Waals surface area contributed by atoms with Crippen LogP contribution >= 0.6 is 0 Å². The molecule has 2 aromatic heterocycles. The molecule has 0 aliphatic carbocycles. The Labute approximate surface area is 245 Å². The number of fused-ring (bicyclic) bond motifs is 1. The molecule has 0 saturated carbocycles. The number of anilines is 1. The molecular formula is C31H38N6O5. The van der Waals surface area contributed by atoms with Crippen LogP contribution in [0.4, 0.5) is 5.69 Å². The van der Waals surface area contributed by atoms with Crippen LogP contribution in [0.2, 0.25) is 0 Å². The molecule has 1 aromatic carbocycles. The maximum atomic E-state index is 14.5. The zero-order valence-corrected chi connectivity index (χ0v) is 25.0. The highest BCUT2D eigenvalue weighted by molar-refractivity contribution is 6.07. The van der Waals surface area contributed by atoms with Gasteiger partial charge in [0.1, 0.15) is 11.6 Å². The number of aromatic nitrogens is 3. The van der Waals surface area contributed by atoms with Crippen molar-refractivity contribution in [3.05, 3.63) is 71.7 Å². The molecule has 11 heteroatoms. The molecule has 1 aliphatic rings. The predicted molar refractivity (Wildman–Crippen MR) is 156 cm³/mol. The van der Waals surface area contributed by atoms with Crippen LogP contribution in [0, 0.1) is 11.8 Å². The summed E-state index contributed by atoms with van der Waals surface area (Å²) in [6.07, 6.45) is 3.73. The largest absolute Gasteiger partial charge is 0.418 e. The summed E-state index contributed by atoms with van der Waals surface area (Å²) in [5.74, 6) is -2.24. The van der Waals surface area contributed by atoms with E-state index in [1.54, 1.807) is 49.2 Å². The smallest absolute Gasteiger partial charge is 0.286 e. The van der Waals surface area contributed by atoms with E-state index >= 15 is 0 Å². The van der Waals surface area contributed by atoms with Crippen molar-refractivity contribution in [2.24, 2.45) is 11.8 Å². The quantitative estimate of drug-likeness (QED) is 0.276. The van der Waals surface area contributed by atoms with Gasteiger partial charge in [-0.2, -0.15) is 0 Å². The van der Waals surface area contributed by atoms with Crippen molar-refractivity contribution in [1.29, 1.82) is 0 Å². The number of rotatable bonds is 10. The standard InChI is InChI=1S/C31H38N6O5/c1-18(2)24(34-26(40)21-12-10-14-32-16-21)28(41)37-22-13-9-8-11-20(22)15-23(37)31(19(3)4,33-17-38)25(39)27-35-36-29(42-27)30(5,6)7/h8-14,16-19,23-24H,15H2,1-7H3,(H,33,38)(H,34,40)/t23-,24-,31-/m0/s1. The van der Waals surface area contributed by atoms with Crippen LogP contribution in [0.5, 0.6) is 0 Å². The molecule has 0 saturated heterocycles. The minimum absolute atomic E-state index is 0.253. The van der Waals surface area contributed by atoms with Gasteiger partial charge < -0.3 is 20.0 Å². The first kappa shape index (κ1) is 30.5. The Hall–Kier alpha value is -4.41. The molecule has 3 heterocycles. The van der Waals surface area contributed by atoms with E-state index < -0.39 is 46.6 Å². The van der Waals surface area contributed by atoms with Gasteiger partial charge in [-0.15, -0.1) is 10.2 Å². The Morgan fingerprint density at radius 1 is 1.05 bits per heavy atom. The molecule has 0 radical (unpaired) electrons. The number of amides is 3. The van der Waals surface area contributed by atoms with Crippen molar-refractivity contribution in [2.75, 3.05) is 4.90 Å². The number of carbonyl (C=O) groups is 4. The molecule has 0 unspecified atom stereocenters. The summed E-state index contributed by atoms with van der Waals surface area (Å²) in [5, 5.41) is 13.8. The van der Waals surface area contributed by atoms with E-state index in [1.165, 1.54) is 6.20 Å². The SMILES string of the molecule is CC(C)[C@H](NC(=O)c1cccnc1)C(=O)N1c2ccccc2C[C@H]1[C@](NC=O)(C(=O)c1nnc(C(C)(C)C)o1)C(C)C. The summed E-state index contributed by atoms with van der Waals surface area (Å²) < 4.78 is 5.84. The lowest BCUT2D eigenvalue weighted by Gasteiger charge is -2.44. The van der Waals surface area contributed by atoms with Gasteiger partial charge in [0, 0.05) is 23.5 Å². The number of nitrogens with zero attached hydrogens (tertiary/aromatic N) is 4. The summed E-state index contributed by atoms with van der Waals surface area (Å²) in [6, 6.07) is 8.80. The van der Waals surface area contributed by atoms with Crippen molar-refractivity contribution >= 4 is 29.7 Å². The molecule has 4 rings (SSSR count). The first-order chi connectivity index (χ1) is 19.8. The Morgan fingerprint density at radius 3 is 2.33 bits per heavy atom. The number of benzene rings is 1. The molecule has 3 atom stereocenters. The average molecular weight is 575 g/mol. The lowest BCUT2D eigenvalue weighted by molar-refractivity contribution is -0.122. The lowest BCUT2D eigenvalue weighted by Crippen LogP contribution is -2.69. The topological polar surface area (TPSA) is 147 Å². The molecule has 42 heavy (non-hydrogen) atoms. The zero-order chi connectivity index (χ0) is 30.8. The van der Waals surface area contributed by atoms with Crippen LogP contribution in [0.1, 0.15) is 81.0 Å². The molecule has 0 spiro atoms. The van der Waals surface area contributed by atoms with Crippen LogP contribution in [-0.2, 0) is 21.4 Å². The summed E-state index contributed by atoms with van der Waals surface area (Å²) in [7, 11) is 0. The Bertz CT molecular complexity index is 1460. The Balaban J connectivity index is 1.82. The monoisotopic (exact) mass is 574 g/mol. The maximum absolute atomic E-state index is 14.5. The van der Waals surface area contributed by atoms with Gasteiger partial charge in [-0.1, -0.05) is 66.7 Å². The van der Waals surface area contributed by atoms with Crippen LogP contribution < -0.4 is 15.5 Å². The molecule has 2 N–H and O–H groups in total. The lowest BCUT2D eigenvalue weighted by atomic mass is 9.74. The maximum Gasteiger partial charge on any atom is 0.286 e. The normalized spacial score (nSPS) is 17.0. The van der Waals surface area contributed by atoms with E-state index in [9.17, 15) is 19.2 Å². The van der Waals surface area contributed by atoms with Gasteiger partial charge in [0.25, 0.3) is 11.8 Å². The van der Waals surface area contributed by atoms with Crippen LogP contribution in [0.3, 0.4) is 0 Å². The van der Waals surface area contributed by atoms with E-state index in [2.05, 4.69) is 25.8 Å². The van der Waals surface area contributed by atoms with Crippen LogP contribution in [0.15, 0.2) is 53.2 Å². The van der Waals surface area contributed by atoms with Crippen LogP contribution in [0.25, 0.3) is 0 Å².